The Morgan fingerprint density at radius 2 is 1.84 bits per heavy atom. The average Bonchev–Trinajstić information content (AvgIpc) is 2.78. The number of hydrogen-bond acceptors (Lipinski definition) is 5. The van der Waals surface area contributed by atoms with Crippen LogP contribution in [0.1, 0.15) is 32.1 Å². The summed E-state index contributed by atoms with van der Waals surface area (Å²) < 4.78 is 6.03. The van der Waals surface area contributed by atoms with Crippen LogP contribution < -0.4 is 15.5 Å². The molecule has 2 aromatic rings. The molecule has 0 aliphatic rings. The predicted octanol–water partition coefficient (Wildman–Crippen LogP) is 3.28. The van der Waals surface area contributed by atoms with Crippen LogP contribution in [0.4, 0.5) is 0 Å². The van der Waals surface area contributed by atoms with E-state index in [-0.39, 0.29) is 18.9 Å². The fraction of sp³-hybridized carbons (Fsp3) is 0.417. The Kier molecular flexibility index (Phi) is 10.5. The van der Waals surface area contributed by atoms with Gasteiger partial charge in [0.05, 0.1) is 5.57 Å². The summed E-state index contributed by atoms with van der Waals surface area (Å²) in [6.07, 6.45) is 5.01. The van der Waals surface area contributed by atoms with E-state index in [0.29, 0.717) is 25.0 Å². The van der Waals surface area contributed by atoms with E-state index < -0.39 is 5.91 Å². The average molecular weight is 428 g/mol. The molecule has 0 unspecified atom stereocenters. The van der Waals surface area contributed by atoms with Gasteiger partial charge in [0.1, 0.15) is 12.4 Å². The number of hydroxylamine groups is 1. The summed E-state index contributed by atoms with van der Waals surface area (Å²) >= 11 is 0. The van der Waals surface area contributed by atoms with E-state index in [4.69, 9.17) is 9.94 Å². The number of ether oxygens (including phenoxy) is 1. The first-order valence-corrected chi connectivity index (χ1v) is 10.7. The van der Waals surface area contributed by atoms with Crippen LogP contribution >= 0.6 is 0 Å². The molecule has 0 bridgehead atoms. The smallest absolute Gasteiger partial charge is 0.250 e. The third-order valence-corrected chi connectivity index (χ3v) is 4.87. The minimum Gasteiger partial charge on any atom is -0.488 e. The van der Waals surface area contributed by atoms with Crippen LogP contribution in [-0.4, -0.2) is 55.7 Å². The van der Waals surface area contributed by atoms with Crippen molar-refractivity contribution >= 4 is 22.6 Å². The molecule has 0 atom stereocenters. The van der Waals surface area contributed by atoms with E-state index in [2.05, 4.69) is 10.2 Å². The second-order valence-corrected chi connectivity index (χ2v) is 7.69. The first kappa shape index (κ1) is 24.4. The topological polar surface area (TPSA) is 90.9 Å². The Bertz CT molecular complexity index is 875. The SMILES string of the molecule is CN(C)CCCNC(=O)/C(=C/CCCCC(=O)NO)COc1cccc2ccccc12. The van der Waals surface area contributed by atoms with Crippen molar-refractivity contribution < 1.29 is 19.5 Å². The van der Waals surface area contributed by atoms with Gasteiger partial charge in [0.25, 0.3) is 0 Å². The van der Waals surface area contributed by atoms with E-state index in [1.165, 1.54) is 0 Å². The number of nitrogens with one attached hydrogen (secondary N) is 2. The minimum absolute atomic E-state index is 0.132. The molecule has 7 heteroatoms. The van der Waals surface area contributed by atoms with Gasteiger partial charge < -0.3 is 15.0 Å². The maximum absolute atomic E-state index is 12.7. The van der Waals surface area contributed by atoms with Gasteiger partial charge in [0.15, 0.2) is 0 Å². The quantitative estimate of drug-likeness (QED) is 0.198. The zero-order chi connectivity index (χ0) is 22.5. The Morgan fingerprint density at radius 3 is 2.61 bits per heavy atom. The normalized spacial score (nSPS) is 11.5. The molecular weight excluding hydrogens is 394 g/mol. The lowest BCUT2D eigenvalue weighted by Gasteiger charge is -2.14. The van der Waals surface area contributed by atoms with Crippen molar-refractivity contribution in [1.82, 2.24) is 15.7 Å². The van der Waals surface area contributed by atoms with Crippen LogP contribution in [0.25, 0.3) is 10.8 Å². The van der Waals surface area contributed by atoms with Crippen LogP contribution in [-0.2, 0) is 9.59 Å². The largest absolute Gasteiger partial charge is 0.488 e. The summed E-state index contributed by atoms with van der Waals surface area (Å²) in [5.74, 6) is 0.207. The van der Waals surface area contributed by atoms with Crippen LogP contribution in [0.15, 0.2) is 54.1 Å². The maximum Gasteiger partial charge on any atom is 0.250 e. The summed E-state index contributed by atoms with van der Waals surface area (Å²) in [6.45, 7) is 1.67. The van der Waals surface area contributed by atoms with Gasteiger partial charge in [-0.2, -0.15) is 0 Å². The van der Waals surface area contributed by atoms with Gasteiger partial charge in [0.2, 0.25) is 11.8 Å². The highest BCUT2D eigenvalue weighted by molar-refractivity contribution is 5.94. The molecule has 0 heterocycles. The third kappa shape index (κ3) is 8.78. The highest BCUT2D eigenvalue weighted by Gasteiger charge is 2.11. The lowest BCUT2D eigenvalue weighted by atomic mass is 10.1. The summed E-state index contributed by atoms with van der Waals surface area (Å²) in [7, 11) is 4.00. The first-order valence-electron chi connectivity index (χ1n) is 10.7. The molecule has 0 spiro atoms. The Labute approximate surface area is 184 Å². The number of amides is 2. The van der Waals surface area contributed by atoms with Crippen molar-refractivity contribution in [3.63, 3.8) is 0 Å². The Morgan fingerprint density at radius 1 is 1.06 bits per heavy atom. The van der Waals surface area contributed by atoms with E-state index in [1.807, 2.05) is 62.6 Å². The van der Waals surface area contributed by atoms with Crippen LogP contribution in [0.2, 0.25) is 0 Å². The molecule has 0 fully saturated rings. The Hall–Kier alpha value is -2.90. The molecule has 31 heavy (non-hydrogen) atoms. The summed E-state index contributed by atoms with van der Waals surface area (Å²) in [5.41, 5.74) is 2.20. The second-order valence-electron chi connectivity index (χ2n) is 7.69. The van der Waals surface area contributed by atoms with E-state index in [1.54, 1.807) is 5.48 Å². The van der Waals surface area contributed by atoms with E-state index in [9.17, 15) is 9.59 Å². The van der Waals surface area contributed by atoms with Gasteiger partial charge in [-0.05, 0) is 57.8 Å². The number of nitrogens with zero attached hydrogens (tertiary/aromatic N) is 1. The molecule has 2 aromatic carbocycles. The highest BCUT2D eigenvalue weighted by Crippen LogP contribution is 2.25. The standard InChI is InChI=1S/C24H33N3O4/c1-27(2)17-9-16-25-24(29)20(11-4-3-5-15-23(28)26-30)18-31-22-14-8-12-19-10-6-7-13-21(19)22/h6-8,10-14,30H,3-5,9,15-18H2,1-2H3,(H,25,29)(H,26,28)/b20-11+. The van der Waals surface area contributed by atoms with Gasteiger partial charge in [0, 0.05) is 18.4 Å². The zero-order valence-electron chi connectivity index (χ0n) is 18.4. The summed E-state index contributed by atoms with van der Waals surface area (Å²) in [4.78, 5) is 25.9. The van der Waals surface area contributed by atoms with Crippen molar-refractivity contribution in [2.24, 2.45) is 0 Å². The molecule has 0 aliphatic heterocycles. The number of benzene rings is 2. The molecule has 0 saturated carbocycles. The van der Waals surface area contributed by atoms with Crippen molar-refractivity contribution in [2.75, 3.05) is 33.8 Å². The monoisotopic (exact) mass is 427 g/mol. The number of fused-ring (bicyclic) bond motifs is 1. The minimum atomic E-state index is -0.401. The van der Waals surface area contributed by atoms with Crippen LogP contribution in [0, 0.1) is 0 Å². The zero-order valence-corrected chi connectivity index (χ0v) is 18.4. The molecule has 168 valence electrons. The summed E-state index contributed by atoms with van der Waals surface area (Å²) in [6, 6.07) is 13.8. The molecule has 7 nitrogen and oxygen atoms in total. The van der Waals surface area contributed by atoms with E-state index >= 15 is 0 Å². The summed E-state index contributed by atoms with van der Waals surface area (Å²) in [5, 5.41) is 13.6. The van der Waals surface area contributed by atoms with Crippen LogP contribution in [0.5, 0.6) is 5.75 Å². The molecule has 0 radical (unpaired) electrons. The number of hydrogen-bond donors (Lipinski definition) is 3. The molecule has 2 amide bonds. The van der Waals surface area contributed by atoms with E-state index in [0.717, 1.165) is 35.9 Å². The van der Waals surface area contributed by atoms with Crippen molar-refractivity contribution in [1.29, 1.82) is 0 Å². The van der Waals surface area contributed by atoms with Gasteiger partial charge >= 0.3 is 0 Å². The molecule has 3 N–H and O–H groups in total. The number of allylic oxidation sites excluding steroid dienone is 1. The molecule has 0 aromatic heterocycles. The number of carbonyl (C=O) groups excluding carboxylic acids is 2. The van der Waals surface area contributed by atoms with Gasteiger partial charge in [-0.1, -0.05) is 42.5 Å². The second kappa shape index (κ2) is 13.4. The lowest BCUT2D eigenvalue weighted by Crippen LogP contribution is -2.30. The molecule has 0 aliphatic carbocycles. The number of carbonyl (C=O) groups is 2. The predicted molar refractivity (Wildman–Crippen MR) is 122 cm³/mol. The Balaban J connectivity index is 1.99. The fourth-order valence-electron chi connectivity index (χ4n) is 3.17. The first-order chi connectivity index (χ1) is 15.0. The van der Waals surface area contributed by atoms with Gasteiger partial charge in [-0.3, -0.25) is 14.8 Å². The van der Waals surface area contributed by atoms with Crippen LogP contribution in [0.3, 0.4) is 0 Å². The molecule has 0 saturated heterocycles. The van der Waals surface area contributed by atoms with Gasteiger partial charge in [-0.15, -0.1) is 0 Å². The maximum atomic E-state index is 12.7. The lowest BCUT2D eigenvalue weighted by molar-refractivity contribution is -0.129. The molecule has 2 rings (SSSR count). The molecular formula is C24H33N3O4. The number of unbranched alkanes of at least 4 members (excludes halogenated alkanes) is 2. The fourth-order valence-corrected chi connectivity index (χ4v) is 3.17. The number of rotatable bonds is 13. The highest BCUT2D eigenvalue weighted by atomic mass is 16.5. The van der Waals surface area contributed by atoms with Crippen molar-refractivity contribution in [3.8, 4) is 5.75 Å². The third-order valence-electron chi connectivity index (χ3n) is 4.87. The van der Waals surface area contributed by atoms with Gasteiger partial charge in [-0.25, -0.2) is 5.48 Å². The van der Waals surface area contributed by atoms with Crippen molar-refractivity contribution in [2.45, 2.75) is 32.1 Å². The van der Waals surface area contributed by atoms with Crippen molar-refractivity contribution in [3.05, 3.63) is 54.1 Å².